The molecule has 5 heteroatoms. The summed E-state index contributed by atoms with van der Waals surface area (Å²) in [6.07, 6.45) is 4.13. The summed E-state index contributed by atoms with van der Waals surface area (Å²) < 4.78 is 5.35. The van der Waals surface area contributed by atoms with Crippen LogP contribution in [0.1, 0.15) is 37.3 Å². The Hall–Kier alpha value is -2.04. The van der Waals surface area contributed by atoms with E-state index >= 15 is 0 Å². The Bertz CT molecular complexity index is 585. The summed E-state index contributed by atoms with van der Waals surface area (Å²) in [5.74, 6) is 0.00882. The summed E-state index contributed by atoms with van der Waals surface area (Å²) in [7, 11) is 0. The van der Waals surface area contributed by atoms with Crippen LogP contribution in [0.3, 0.4) is 0 Å². The molecular weight excluding hydrogens is 280 g/mol. The summed E-state index contributed by atoms with van der Waals surface area (Å²) in [5.41, 5.74) is 3.62. The molecule has 3 rings (SSSR count). The van der Waals surface area contributed by atoms with Gasteiger partial charge in [0.05, 0.1) is 13.1 Å². The van der Waals surface area contributed by atoms with Gasteiger partial charge in [-0.05, 0) is 48.9 Å². The highest BCUT2D eigenvalue weighted by atomic mass is 16.6. The predicted octanol–water partition coefficient (Wildman–Crippen LogP) is 2.42. The van der Waals surface area contributed by atoms with Crippen molar-refractivity contribution in [2.75, 3.05) is 18.0 Å². The monoisotopic (exact) mass is 302 g/mol. The first-order valence-electron chi connectivity index (χ1n) is 8.04. The molecule has 1 aromatic carbocycles. The number of fused-ring (bicyclic) bond motifs is 1. The van der Waals surface area contributed by atoms with Crippen molar-refractivity contribution in [3.8, 4) is 0 Å². The van der Waals surface area contributed by atoms with Crippen LogP contribution in [0.25, 0.3) is 0 Å². The first-order valence-corrected chi connectivity index (χ1v) is 8.04. The smallest absolute Gasteiger partial charge is 0.414 e. The van der Waals surface area contributed by atoms with Crippen molar-refractivity contribution in [2.45, 2.75) is 45.1 Å². The molecule has 1 aromatic rings. The Labute approximate surface area is 130 Å². The average molecular weight is 302 g/mol. The van der Waals surface area contributed by atoms with Crippen molar-refractivity contribution in [3.05, 3.63) is 29.3 Å². The van der Waals surface area contributed by atoms with Gasteiger partial charge < -0.3 is 10.1 Å². The first kappa shape index (κ1) is 14.9. The number of hydrogen-bond donors (Lipinski definition) is 1. The minimum absolute atomic E-state index is 0.00882. The molecule has 1 saturated heterocycles. The van der Waals surface area contributed by atoms with Crippen molar-refractivity contribution in [1.82, 2.24) is 5.32 Å². The largest absolute Gasteiger partial charge is 0.442 e. The highest BCUT2D eigenvalue weighted by molar-refractivity contribution is 5.90. The number of rotatable bonds is 5. The second-order valence-corrected chi connectivity index (χ2v) is 5.98. The van der Waals surface area contributed by atoms with Gasteiger partial charge in [0, 0.05) is 12.1 Å². The van der Waals surface area contributed by atoms with E-state index < -0.39 is 0 Å². The number of benzene rings is 1. The predicted molar refractivity (Wildman–Crippen MR) is 84.0 cm³/mol. The fraction of sp³-hybridized carbons (Fsp3) is 0.529. The van der Waals surface area contributed by atoms with Gasteiger partial charge in [0.15, 0.2) is 0 Å². The van der Waals surface area contributed by atoms with E-state index in [9.17, 15) is 9.59 Å². The quantitative estimate of drug-likeness (QED) is 0.908. The third-order valence-corrected chi connectivity index (χ3v) is 4.27. The molecule has 2 aliphatic rings. The number of carbonyl (C=O) groups is 2. The highest BCUT2D eigenvalue weighted by Crippen LogP contribution is 2.29. The average Bonchev–Trinajstić information content (AvgIpc) is 3.11. The van der Waals surface area contributed by atoms with Crippen molar-refractivity contribution in [3.63, 3.8) is 0 Å². The molecule has 1 fully saturated rings. The molecule has 2 amide bonds. The molecule has 5 nitrogen and oxygen atoms in total. The second kappa shape index (κ2) is 6.38. The molecule has 1 N–H and O–H groups in total. The van der Waals surface area contributed by atoms with Crippen LogP contribution >= 0.6 is 0 Å². The third kappa shape index (κ3) is 3.08. The fourth-order valence-corrected chi connectivity index (χ4v) is 3.11. The van der Waals surface area contributed by atoms with E-state index in [2.05, 4.69) is 17.4 Å². The molecular formula is C17H22N2O3. The van der Waals surface area contributed by atoms with Gasteiger partial charge in [0.1, 0.15) is 6.10 Å². The van der Waals surface area contributed by atoms with E-state index in [1.54, 1.807) is 4.90 Å². The van der Waals surface area contributed by atoms with Gasteiger partial charge in [-0.2, -0.15) is 0 Å². The van der Waals surface area contributed by atoms with E-state index in [-0.39, 0.29) is 18.1 Å². The van der Waals surface area contributed by atoms with Gasteiger partial charge in [0.2, 0.25) is 5.91 Å². The Kier molecular flexibility index (Phi) is 4.32. The topological polar surface area (TPSA) is 58.6 Å². The molecule has 22 heavy (non-hydrogen) atoms. The lowest BCUT2D eigenvalue weighted by Gasteiger charge is -2.14. The Morgan fingerprint density at radius 1 is 1.36 bits per heavy atom. The highest BCUT2D eigenvalue weighted by Gasteiger charge is 2.32. The van der Waals surface area contributed by atoms with Crippen LogP contribution in [0, 0.1) is 0 Å². The molecule has 1 aliphatic heterocycles. The summed E-state index contributed by atoms with van der Waals surface area (Å²) in [6.45, 7) is 2.83. The maximum Gasteiger partial charge on any atom is 0.414 e. The van der Waals surface area contributed by atoms with E-state index in [0.29, 0.717) is 19.5 Å². The van der Waals surface area contributed by atoms with Crippen LogP contribution in [0.5, 0.6) is 0 Å². The first-order chi connectivity index (χ1) is 10.7. The molecule has 1 unspecified atom stereocenters. The van der Waals surface area contributed by atoms with Crippen LogP contribution in [-0.2, 0) is 22.4 Å². The molecule has 0 radical (unpaired) electrons. The minimum atomic E-state index is -0.326. The summed E-state index contributed by atoms with van der Waals surface area (Å²) >= 11 is 0. The standard InChI is InChI=1S/C17H22N2O3/c1-2-4-16(20)18-10-15-11-19(17(21)22-15)14-8-7-12-5-3-6-13(12)9-14/h7-9,15H,2-6,10-11H2,1H3,(H,18,20). The number of nitrogens with zero attached hydrogens (tertiary/aromatic N) is 1. The van der Waals surface area contributed by atoms with Crippen LogP contribution in [-0.4, -0.2) is 31.2 Å². The van der Waals surface area contributed by atoms with Crippen LogP contribution in [0.15, 0.2) is 18.2 Å². The van der Waals surface area contributed by atoms with Gasteiger partial charge in [-0.15, -0.1) is 0 Å². The second-order valence-electron chi connectivity index (χ2n) is 5.98. The van der Waals surface area contributed by atoms with Gasteiger partial charge >= 0.3 is 6.09 Å². The van der Waals surface area contributed by atoms with Crippen LogP contribution in [0.2, 0.25) is 0 Å². The summed E-state index contributed by atoms with van der Waals surface area (Å²) in [5, 5.41) is 2.82. The maximum absolute atomic E-state index is 12.0. The molecule has 1 aliphatic carbocycles. The molecule has 1 atom stereocenters. The summed E-state index contributed by atoms with van der Waals surface area (Å²) in [6, 6.07) is 6.20. The number of anilines is 1. The number of ether oxygens (including phenoxy) is 1. The number of hydrogen-bond acceptors (Lipinski definition) is 3. The molecule has 1 heterocycles. The summed E-state index contributed by atoms with van der Waals surface area (Å²) in [4.78, 5) is 25.2. The fourth-order valence-electron chi connectivity index (χ4n) is 3.11. The lowest BCUT2D eigenvalue weighted by atomic mass is 10.1. The number of cyclic esters (lactones) is 1. The number of nitrogens with one attached hydrogen (secondary N) is 1. The van der Waals surface area contributed by atoms with Gasteiger partial charge in [-0.3, -0.25) is 9.69 Å². The number of amides is 2. The van der Waals surface area contributed by atoms with Crippen LogP contribution in [0.4, 0.5) is 10.5 Å². The van der Waals surface area contributed by atoms with E-state index in [0.717, 1.165) is 24.9 Å². The van der Waals surface area contributed by atoms with Gasteiger partial charge in [-0.25, -0.2) is 4.79 Å². The van der Waals surface area contributed by atoms with Crippen molar-refractivity contribution in [1.29, 1.82) is 0 Å². The van der Waals surface area contributed by atoms with Crippen LogP contribution < -0.4 is 10.2 Å². The van der Waals surface area contributed by atoms with Crippen molar-refractivity contribution >= 4 is 17.7 Å². The normalized spacial score (nSPS) is 20.0. The zero-order valence-electron chi connectivity index (χ0n) is 12.9. The number of carbonyl (C=O) groups excluding carboxylic acids is 2. The van der Waals surface area contributed by atoms with E-state index in [1.165, 1.54) is 17.5 Å². The molecule has 0 saturated carbocycles. The van der Waals surface area contributed by atoms with Crippen molar-refractivity contribution in [2.24, 2.45) is 0 Å². The molecule has 0 aromatic heterocycles. The SMILES string of the molecule is CCCC(=O)NCC1CN(c2ccc3c(c2)CCC3)C(=O)O1. The minimum Gasteiger partial charge on any atom is -0.442 e. The number of aryl methyl sites for hydroxylation is 2. The van der Waals surface area contributed by atoms with Crippen molar-refractivity contribution < 1.29 is 14.3 Å². The zero-order chi connectivity index (χ0) is 15.5. The molecule has 118 valence electrons. The zero-order valence-corrected chi connectivity index (χ0v) is 12.9. The third-order valence-electron chi connectivity index (χ3n) is 4.27. The van der Waals surface area contributed by atoms with Gasteiger partial charge in [0.25, 0.3) is 0 Å². The maximum atomic E-state index is 12.0. The van der Waals surface area contributed by atoms with E-state index in [1.807, 2.05) is 13.0 Å². The Morgan fingerprint density at radius 2 is 2.18 bits per heavy atom. The lowest BCUT2D eigenvalue weighted by Crippen LogP contribution is -2.34. The molecule has 0 bridgehead atoms. The van der Waals surface area contributed by atoms with E-state index in [4.69, 9.17) is 4.74 Å². The molecule has 0 spiro atoms. The lowest BCUT2D eigenvalue weighted by molar-refractivity contribution is -0.121. The van der Waals surface area contributed by atoms with Gasteiger partial charge in [-0.1, -0.05) is 13.0 Å². The Morgan fingerprint density at radius 3 is 3.00 bits per heavy atom. The Balaban J connectivity index is 1.61.